The quantitative estimate of drug-likeness (QED) is 0.399. The Balaban J connectivity index is 1.25. The Morgan fingerprint density at radius 2 is 1.84 bits per heavy atom. The zero-order valence-corrected chi connectivity index (χ0v) is 21.9. The molecule has 0 aromatic heterocycles. The Morgan fingerprint density at radius 1 is 1.00 bits per heavy atom. The van der Waals surface area contributed by atoms with Crippen LogP contribution in [0, 0.1) is 23.7 Å². The van der Waals surface area contributed by atoms with Crippen molar-refractivity contribution in [1.29, 1.82) is 0 Å². The Hall–Kier alpha value is -1.20. The van der Waals surface area contributed by atoms with Gasteiger partial charge in [-0.25, -0.2) is 5.01 Å². The lowest BCUT2D eigenvalue weighted by atomic mass is 9.76. The summed E-state index contributed by atoms with van der Waals surface area (Å²) in [7, 11) is 0. The van der Waals surface area contributed by atoms with Crippen molar-refractivity contribution in [2.75, 3.05) is 39.3 Å². The fraction of sp³-hybridized carbons (Fsp3) is 0.889. The highest BCUT2D eigenvalue weighted by atomic mass is 19.4. The molecular formula is C27H45F3N6O. The molecule has 210 valence electrons. The number of nitrogens with one attached hydrogen (secondary N) is 4. The SMILES string of the molecule is C=CC(=O)N1CCC2C(C1)NC(CC1CCCC(C(F)(F)F)C1)NC2C1CCN(CC2CCCNC2)N1. The van der Waals surface area contributed by atoms with Crippen molar-refractivity contribution in [1.82, 2.24) is 31.3 Å². The molecule has 0 aromatic rings. The average Bonchev–Trinajstić information content (AvgIpc) is 3.36. The number of halogens is 3. The molecule has 1 aliphatic carbocycles. The van der Waals surface area contributed by atoms with Gasteiger partial charge in [0.2, 0.25) is 5.91 Å². The van der Waals surface area contributed by atoms with Crippen LogP contribution in [-0.4, -0.2) is 85.6 Å². The van der Waals surface area contributed by atoms with Gasteiger partial charge >= 0.3 is 6.18 Å². The second-order valence-corrected chi connectivity index (χ2v) is 12.1. The minimum atomic E-state index is -4.10. The highest BCUT2D eigenvalue weighted by Gasteiger charge is 2.47. The van der Waals surface area contributed by atoms with Crippen LogP contribution in [0.2, 0.25) is 0 Å². The molecule has 1 saturated carbocycles. The van der Waals surface area contributed by atoms with Crippen LogP contribution in [0.4, 0.5) is 13.2 Å². The number of carbonyl (C=O) groups excluding carboxylic acids is 1. The van der Waals surface area contributed by atoms with Crippen molar-refractivity contribution in [3.8, 4) is 0 Å². The minimum Gasteiger partial charge on any atom is -0.338 e. The van der Waals surface area contributed by atoms with Crippen molar-refractivity contribution >= 4 is 5.91 Å². The Bertz CT molecular complexity index is 791. The summed E-state index contributed by atoms with van der Waals surface area (Å²) in [5.41, 5.74) is 3.81. The minimum absolute atomic E-state index is 0.0413. The molecule has 4 heterocycles. The van der Waals surface area contributed by atoms with E-state index in [1.54, 1.807) is 0 Å². The fourth-order valence-electron chi connectivity index (χ4n) is 7.71. The van der Waals surface area contributed by atoms with Gasteiger partial charge in [-0.05, 0) is 81.9 Å². The lowest BCUT2D eigenvalue weighted by Crippen LogP contribution is -2.71. The topological polar surface area (TPSA) is 71.7 Å². The van der Waals surface area contributed by atoms with Crippen molar-refractivity contribution in [2.24, 2.45) is 23.7 Å². The van der Waals surface area contributed by atoms with Gasteiger partial charge in [-0.1, -0.05) is 19.4 Å². The molecule has 0 aromatic carbocycles. The molecule has 7 nitrogen and oxygen atoms in total. The van der Waals surface area contributed by atoms with Gasteiger partial charge in [-0.15, -0.1) is 0 Å². The van der Waals surface area contributed by atoms with Gasteiger partial charge in [0.15, 0.2) is 0 Å². The van der Waals surface area contributed by atoms with Crippen molar-refractivity contribution in [2.45, 2.75) is 88.3 Å². The lowest BCUT2D eigenvalue weighted by molar-refractivity contribution is -0.186. The van der Waals surface area contributed by atoms with Gasteiger partial charge in [0.25, 0.3) is 0 Å². The number of hydrogen-bond acceptors (Lipinski definition) is 6. The number of likely N-dealkylation sites (tertiary alicyclic amines) is 1. The summed E-state index contributed by atoms with van der Waals surface area (Å²) in [5.74, 6) is -0.119. The van der Waals surface area contributed by atoms with Crippen molar-refractivity contribution in [3.05, 3.63) is 12.7 Å². The van der Waals surface area contributed by atoms with E-state index in [0.29, 0.717) is 37.3 Å². The molecule has 8 unspecified atom stereocenters. The Labute approximate surface area is 219 Å². The van der Waals surface area contributed by atoms with Crippen LogP contribution in [0.3, 0.4) is 0 Å². The molecule has 0 spiro atoms. The third-order valence-corrected chi connectivity index (χ3v) is 9.61. The Kier molecular flexibility index (Phi) is 8.80. The van der Waals surface area contributed by atoms with Crippen LogP contribution >= 0.6 is 0 Å². The van der Waals surface area contributed by atoms with Crippen LogP contribution in [0.5, 0.6) is 0 Å². The number of nitrogens with zero attached hydrogens (tertiary/aromatic N) is 2. The number of amides is 1. The van der Waals surface area contributed by atoms with E-state index in [0.717, 1.165) is 52.0 Å². The first kappa shape index (κ1) is 27.4. The number of alkyl halides is 3. The van der Waals surface area contributed by atoms with Gasteiger partial charge in [0, 0.05) is 44.3 Å². The monoisotopic (exact) mass is 526 g/mol. The molecule has 0 bridgehead atoms. The van der Waals surface area contributed by atoms with E-state index in [1.165, 1.54) is 18.9 Å². The fourth-order valence-corrected chi connectivity index (χ4v) is 7.71. The van der Waals surface area contributed by atoms with Gasteiger partial charge in [-0.2, -0.15) is 13.2 Å². The number of piperidine rings is 2. The zero-order valence-electron chi connectivity index (χ0n) is 21.9. The van der Waals surface area contributed by atoms with E-state index in [9.17, 15) is 18.0 Å². The number of rotatable bonds is 6. The standard InChI is InChI=1S/C27H45F3N6O/c1-2-25(37)35-11-8-21-23(17-35)32-24(14-18-5-3-7-20(13-18)27(28,29)30)33-26(21)22-9-12-36(34-22)16-19-6-4-10-31-15-19/h2,18-24,26,31-34H,1,3-17H2. The van der Waals surface area contributed by atoms with Crippen molar-refractivity contribution < 1.29 is 18.0 Å². The van der Waals surface area contributed by atoms with E-state index in [2.05, 4.69) is 33.0 Å². The van der Waals surface area contributed by atoms with Crippen LogP contribution in [0.25, 0.3) is 0 Å². The first-order valence-corrected chi connectivity index (χ1v) is 14.5. The average molecular weight is 527 g/mol. The molecular weight excluding hydrogens is 481 g/mol. The number of carbonyl (C=O) groups is 1. The maximum Gasteiger partial charge on any atom is 0.391 e. The van der Waals surface area contributed by atoms with Crippen LogP contribution in [0.1, 0.15) is 57.8 Å². The van der Waals surface area contributed by atoms with E-state index in [4.69, 9.17) is 0 Å². The molecule has 0 radical (unpaired) electrons. The van der Waals surface area contributed by atoms with Gasteiger partial charge in [0.05, 0.1) is 12.1 Å². The first-order chi connectivity index (χ1) is 17.8. The third-order valence-electron chi connectivity index (χ3n) is 9.61. The van der Waals surface area contributed by atoms with Gasteiger partial charge in [-0.3, -0.25) is 20.9 Å². The maximum atomic E-state index is 13.4. The highest BCUT2D eigenvalue weighted by Crippen LogP contribution is 2.41. The normalized spacial score (nSPS) is 39.8. The predicted molar refractivity (Wildman–Crippen MR) is 137 cm³/mol. The third kappa shape index (κ3) is 6.69. The molecule has 4 N–H and O–H groups in total. The van der Waals surface area contributed by atoms with Gasteiger partial charge < -0.3 is 10.2 Å². The summed E-state index contributed by atoms with van der Waals surface area (Å²) >= 11 is 0. The summed E-state index contributed by atoms with van der Waals surface area (Å²) in [6.45, 7) is 9.27. The molecule has 5 fully saturated rings. The molecule has 5 rings (SSSR count). The smallest absolute Gasteiger partial charge is 0.338 e. The summed E-state index contributed by atoms with van der Waals surface area (Å²) in [6, 6.07) is 0.660. The van der Waals surface area contributed by atoms with Gasteiger partial charge in [0.1, 0.15) is 0 Å². The highest BCUT2D eigenvalue weighted by molar-refractivity contribution is 5.87. The molecule has 8 atom stereocenters. The molecule has 37 heavy (non-hydrogen) atoms. The second-order valence-electron chi connectivity index (χ2n) is 12.1. The molecule has 4 aliphatic heterocycles. The molecule has 1 amide bonds. The van der Waals surface area contributed by atoms with Crippen LogP contribution in [-0.2, 0) is 4.79 Å². The number of hydrogen-bond donors (Lipinski definition) is 4. The van der Waals surface area contributed by atoms with E-state index >= 15 is 0 Å². The molecule has 10 heteroatoms. The largest absolute Gasteiger partial charge is 0.391 e. The van der Waals surface area contributed by atoms with E-state index < -0.39 is 12.1 Å². The van der Waals surface area contributed by atoms with Crippen molar-refractivity contribution in [3.63, 3.8) is 0 Å². The summed E-state index contributed by atoms with van der Waals surface area (Å²) in [5, 5.41) is 13.5. The van der Waals surface area contributed by atoms with E-state index in [-0.39, 0.29) is 42.9 Å². The van der Waals surface area contributed by atoms with Crippen LogP contribution in [0.15, 0.2) is 12.7 Å². The number of hydrazine groups is 1. The summed E-state index contributed by atoms with van der Waals surface area (Å²) < 4.78 is 40.3. The summed E-state index contributed by atoms with van der Waals surface area (Å²) in [6.07, 6.45) is 4.41. The second kappa shape index (κ2) is 11.9. The summed E-state index contributed by atoms with van der Waals surface area (Å²) in [4.78, 5) is 14.2. The molecule has 4 saturated heterocycles. The lowest BCUT2D eigenvalue weighted by Gasteiger charge is -2.51. The van der Waals surface area contributed by atoms with Crippen LogP contribution < -0.4 is 21.4 Å². The zero-order chi connectivity index (χ0) is 26.0. The van der Waals surface area contributed by atoms with E-state index in [1.807, 2.05) is 4.90 Å². The predicted octanol–water partition coefficient (Wildman–Crippen LogP) is 2.61. The first-order valence-electron chi connectivity index (χ1n) is 14.5. The molecule has 5 aliphatic rings. The number of fused-ring (bicyclic) bond motifs is 1. The maximum absolute atomic E-state index is 13.4. The Morgan fingerprint density at radius 3 is 2.59 bits per heavy atom.